The van der Waals surface area contributed by atoms with Crippen LogP contribution < -0.4 is 31.2 Å². The van der Waals surface area contributed by atoms with Crippen molar-refractivity contribution in [3.05, 3.63) is 88.5 Å². The quantitative estimate of drug-likeness (QED) is 0.263. The second-order valence-corrected chi connectivity index (χ2v) is 10.0. The number of urea groups is 1. The number of nitrogens with zero attached hydrogens (tertiary/aromatic N) is 1. The van der Waals surface area contributed by atoms with Crippen molar-refractivity contribution >= 4 is 29.4 Å². The maximum atomic E-state index is 12.9. The van der Waals surface area contributed by atoms with Crippen LogP contribution in [0.1, 0.15) is 45.5 Å². The van der Waals surface area contributed by atoms with Gasteiger partial charge in [-0.25, -0.2) is 4.79 Å². The molecule has 2 aliphatic rings. The highest BCUT2D eigenvalue weighted by molar-refractivity contribution is 6.05. The monoisotopic (exact) mass is 593 g/mol. The summed E-state index contributed by atoms with van der Waals surface area (Å²) in [5.74, 6) is -0.627. The van der Waals surface area contributed by atoms with Crippen molar-refractivity contribution in [3.63, 3.8) is 0 Å². The van der Waals surface area contributed by atoms with Gasteiger partial charge in [-0.2, -0.15) is 8.78 Å². The third-order valence-corrected chi connectivity index (χ3v) is 7.13. The van der Waals surface area contributed by atoms with Crippen LogP contribution in [-0.2, 0) is 35.8 Å². The molecule has 0 aliphatic carbocycles. The zero-order chi connectivity index (χ0) is 30.5. The topological polar surface area (TPSA) is 152 Å². The fourth-order valence-corrected chi connectivity index (χ4v) is 4.94. The Labute approximate surface area is 245 Å². The summed E-state index contributed by atoms with van der Waals surface area (Å²) in [6.45, 7) is -2.38. The molecule has 1 atom stereocenters. The van der Waals surface area contributed by atoms with Crippen LogP contribution in [0, 0.1) is 0 Å². The van der Waals surface area contributed by atoms with E-state index in [-0.39, 0.29) is 56.6 Å². The van der Waals surface area contributed by atoms with Gasteiger partial charge in [0.05, 0.1) is 0 Å². The molecule has 0 bridgehead atoms. The molecule has 0 aromatic heterocycles. The molecule has 3 aromatic carbocycles. The van der Waals surface area contributed by atoms with E-state index in [9.17, 15) is 28.0 Å². The highest BCUT2D eigenvalue weighted by Gasteiger charge is 2.39. The van der Waals surface area contributed by atoms with Crippen molar-refractivity contribution in [2.24, 2.45) is 5.73 Å². The van der Waals surface area contributed by atoms with Gasteiger partial charge in [0.2, 0.25) is 11.8 Å². The average Bonchev–Trinajstić information content (AvgIpc) is 3.31. The molecule has 2 aliphatic heterocycles. The lowest BCUT2D eigenvalue weighted by atomic mass is 10.0. The van der Waals surface area contributed by atoms with E-state index in [0.29, 0.717) is 28.1 Å². The van der Waals surface area contributed by atoms with E-state index < -0.39 is 24.6 Å². The molecule has 5 amide bonds. The normalized spacial score (nSPS) is 16.1. The second-order valence-electron chi connectivity index (χ2n) is 10.0. The van der Waals surface area contributed by atoms with Crippen LogP contribution in [0.4, 0.5) is 19.3 Å². The predicted octanol–water partition coefficient (Wildman–Crippen LogP) is 3.41. The number of hydrogen-bond donors (Lipinski definition) is 4. The average molecular weight is 594 g/mol. The number of nitrogens with two attached hydrogens (primary N) is 1. The number of fused-ring (bicyclic) bond motifs is 1. The van der Waals surface area contributed by atoms with Gasteiger partial charge in [0.25, 0.3) is 5.91 Å². The van der Waals surface area contributed by atoms with Gasteiger partial charge in [-0.3, -0.25) is 19.7 Å². The Bertz CT molecular complexity index is 1550. The standard InChI is InChI=1S/C30H29F2N5O6/c31-29(32)43-25-12-17(13-33)1-3-19(25)16-42-22-6-4-21(5-7-22)35-30(41)34-14-18-2-8-23-20(11-18)15-37(28(23)40)24-9-10-26(38)36-27(24)39/h1-8,11-12,24,29H,9-10,13-16,33H2,(H2,34,35,41)(H,36,38,39). The Hall–Kier alpha value is -5.04. The highest BCUT2D eigenvalue weighted by Crippen LogP contribution is 2.28. The Morgan fingerprint density at radius 2 is 1.81 bits per heavy atom. The first-order valence-corrected chi connectivity index (χ1v) is 13.5. The van der Waals surface area contributed by atoms with E-state index in [1.165, 1.54) is 11.0 Å². The number of benzene rings is 3. The summed E-state index contributed by atoms with van der Waals surface area (Å²) in [7, 11) is 0. The zero-order valence-corrected chi connectivity index (χ0v) is 22.9. The lowest BCUT2D eigenvalue weighted by molar-refractivity contribution is -0.136. The fraction of sp³-hybridized carbons (Fsp3) is 0.267. The van der Waals surface area contributed by atoms with Gasteiger partial charge in [-0.05, 0) is 59.5 Å². The molecule has 1 fully saturated rings. The first-order valence-electron chi connectivity index (χ1n) is 13.5. The summed E-state index contributed by atoms with van der Waals surface area (Å²) in [4.78, 5) is 50.5. The van der Waals surface area contributed by atoms with Gasteiger partial charge in [0.1, 0.15) is 24.1 Å². The number of imide groups is 1. The Morgan fingerprint density at radius 1 is 1.05 bits per heavy atom. The lowest BCUT2D eigenvalue weighted by Gasteiger charge is -2.29. The molecular formula is C30H29F2N5O6. The first-order chi connectivity index (χ1) is 20.7. The van der Waals surface area contributed by atoms with Crippen LogP contribution in [0.5, 0.6) is 11.5 Å². The van der Waals surface area contributed by atoms with Crippen LogP contribution in [0.2, 0.25) is 0 Å². The van der Waals surface area contributed by atoms with E-state index in [1.54, 1.807) is 48.5 Å². The maximum Gasteiger partial charge on any atom is 0.387 e. The molecule has 11 nitrogen and oxygen atoms in total. The van der Waals surface area contributed by atoms with E-state index in [0.717, 1.165) is 11.1 Å². The lowest BCUT2D eigenvalue weighted by Crippen LogP contribution is -2.52. The number of halogens is 2. The number of ether oxygens (including phenoxy) is 2. The number of carbonyl (C=O) groups is 4. The van der Waals surface area contributed by atoms with E-state index >= 15 is 0 Å². The predicted molar refractivity (Wildman–Crippen MR) is 150 cm³/mol. The number of carbonyl (C=O) groups excluding carboxylic acids is 4. The minimum atomic E-state index is -2.98. The fourth-order valence-electron chi connectivity index (χ4n) is 4.94. The zero-order valence-electron chi connectivity index (χ0n) is 22.9. The molecule has 1 saturated heterocycles. The Kier molecular flexibility index (Phi) is 8.81. The molecule has 5 N–H and O–H groups in total. The molecule has 13 heteroatoms. The largest absolute Gasteiger partial charge is 0.489 e. The van der Waals surface area contributed by atoms with Gasteiger partial charge in [0.15, 0.2) is 0 Å². The number of hydrogen-bond acceptors (Lipinski definition) is 7. The van der Waals surface area contributed by atoms with Crippen molar-refractivity contribution in [2.75, 3.05) is 5.32 Å². The Balaban J connectivity index is 1.11. The van der Waals surface area contributed by atoms with Crippen molar-refractivity contribution in [1.82, 2.24) is 15.5 Å². The summed E-state index contributed by atoms with van der Waals surface area (Å²) in [6, 6.07) is 15.4. The second kappa shape index (κ2) is 12.9. The Morgan fingerprint density at radius 3 is 2.53 bits per heavy atom. The van der Waals surface area contributed by atoms with Crippen LogP contribution in [-0.4, -0.2) is 41.3 Å². The van der Waals surface area contributed by atoms with Crippen LogP contribution in [0.3, 0.4) is 0 Å². The van der Waals surface area contributed by atoms with Gasteiger partial charge in [-0.1, -0.05) is 24.3 Å². The summed E-state index contributed by atoms with van der Waals surface area (Å²) < 4.78 is 35.9. The SMILES string of the molecule is NCc1ccc(COc2ccc(NC(=O)NCc3ccc4c(c3)CN(C3CCC(=O)NC3=O)C4=O)cc2)c(OC(F)F)c1. The molecule has 1 unspecified atom stereocenters. The smallest absolute Gasteiger partial charge is 0.387 e. The van der Waals surface area contributed by atoms with Crippen molar-refractivity contribution in [3.8, 4) is 11.5 Å². The molecule has 0 saturated carbocycles. The number of amides is 5. The summed E-state index contributed by atoms with van der Waals surface area (Å²) in [5, 5.41) is 7.76. The van der Waals surface area contributed by atoms with Crippen LogP contribution in [0.25, 0.3) is 0 Å². The van der Waals surface area contributed by atoms with Gasteiger partial charge in [-0.15, -0.1) is 0 Å². The molecule has 0 radical (unpaired) electrons. The number of nitrogens with one attached hydrogen (secondary N) is 3. The third kappa shape index (κ3) is 7.07. The highest BCUT2D eigenvalue weighted by atomic mass is 19.3. The number of alkyl halides is 2. The molecule has 3 aromatic rings. The number of anilines is 1. The minimum absolute atomic E-state index is 0.00508. The minimum Gasteiger partial charge on any atom is -0.489 e. The third-order valence-electron chi connectivity index (χ3n) is 7.13. The van der Waals surface area contributed by atoms with Gasteiger partial charge in [0, 0.05) is 42.9 Å². The van der Waals surface area contributed by atoms with E-state index in [4.69, 9.17) is 10.5 Å². The van der Waals surface area contributed by atoms with Gasteiger partial charge < -0.3 is 30.7 Å². The van der Waals surface area contributed by atoms with Crippen LogP contribution >= 0.6 is 0 Å². The molecule has 224 valence electrons. The summed E-state index contributed by atoms with van der Waals surface area (Å²) >= 11 is 0. The molecular weight excluding hydrogens is 564 g/mol. The number of piperidine rings is 1. The van der Waals surface area contributed by atoms with Gasteiger partial charge >= 0.3 is 12.6 Å². The molecule has 2 heterocycles. The number of rotatable bonds is 10. The maximum absolute atomic E-state index is 12.9. The van der Waals surface area contributed by atoms with E-state index in [2.05, 4.69) is 20.7 Å². The van der Waals surface area contributed by atoms with Crippen molar-refractivity contribution in [1.29, 1.82) is 0 Å². The first kappa shape index (κ1) is 29.5. The summed E-state index contributed by atoms with van der Waals surface area (Å²) in [6.07, 6.45) is 0.465. The van der Waals surface area contributed by atoms with Crippen molar-refractivity contribution in [2.45, 2.75) is 51.7 Å². The van der Waals surface area contributed by atoms with Crippen molar-refractivity contribution < 1.29 is 37.4 Å². The molecule has 0 spiro atoms. The molecule has 5 rings (SSSR count). The molecule has 43 heavy (non-hydrogen) atoms. The van der Waals surface area contributed by atoms with Crippen LogP contribution in [0.15, 0.2) is 60.7 Å². The summed E-state index contributed by atoms with van der Waals surface area (Å²) in [5.41, 5.74) is 9.16. The van der Waals surface area contributed by atoms with E-state index in [1.807, 2.05) is 6.07 Å².